The molecule has 0 fully saturated rings. The highest BCUT2D eigenvalue weighted by molar-refractivity contribution is 6.48. The van der Waals surface area contributed by atoms with Crippen LogP contribution in [-0.2, 0) is 0 Å². The van der Waals surface area contributed by atoms with E-state index in [2.05, 4.69) is 23.4 Å². The van der Waals surface area contributed by atoms with Gasteiger partial charge in [-0.15, -0.1) is 0 Å². The summed E-state index contributed by atoms with van der Waals surface area (Å²) < 4.78 is 0. The third-order valence-corrected chi connectivity index (χ3v) is 1.87. The second kappa shape index (κ2) is 3.58. The molecule has 0 bridgehead atoms. The molecule has 1 heterocycles. The van der Waals surface area contributed by atoms with Crippen molar-refractivity contribution in [2.45, 2.75) is 6.92 Å². The standard InChI is InChI=1S/C9H9ClN2O/c1-4-7-8(5(2)10)6(3)11-12-9(7)13/h4H,1-2H2,3H3,(H,12,13). The molecule has 1 N–H and O–H groups in total. The SMILES string of the molecule is C=Cc1c(C(=C)Cl)c(C)n[nH]c1=O. The number of nitrogens with zero attached hydrogens (tertiary/aromatic N) is 1. The molecule has 0 atom stereocenters. The lowest BCUT2D eigenvalue weighted by Gasteiger charge is -2.04. The summed E-state index contributed by atoms with van der Waals surface area (Å²) in [6, 6.07) is 0. The third-order valence-electron chi connectivity index (χ3n) is 1.68. The quantitative estimate of drug-likeness (QED) is 0.786. The molecule has 0 saturated carbocycles. The molecule has 4 heteroatoms. The van der Waals surface area contributed by atoms with E-state index in [-0.39, 0.29) is 5.56 Å². The lowest BCUT2D eigenvalue weighted by molar-refractivity contribution is 0.936. The van der Waals surface area contributed by atoms with Crippen molar-refractivity contribution in [2.24, 2.45) is 0 Å². The fourth-order valence-electron chi connectivity index (χ4n) is 1.10. The van der Waals surface area contributed by atoms with Gasteiger partial charge in [0.05, 0.1) is 11.3 Å². The van der Waals surface area contributed by atoms with Gasteiger partial charge >= 0.3 is 0 Å². The average molecular weight is 197 g/mol. The molecule has 1 aromatic rings. The summed E-state index contributed by atoms with van der Waals surface area (Å²) in [4.78, 5) is 11.2. The molecule has 0 unspecified atom stereocenters. The molecule has 0 radical (unpaired) electrons. The Morgan fingerprint density at radius 2 is 2.31 bits per heavy atom. The molecular weight excluding hydrogens is 188 g/mol. The molecule has 0 aliphatic rings. The van der Waals surface area contributed by atoms with E-state index in [1.165, 1.54) is 6.08 Å². The van der Waals surface area contributed by atoms with Crippen LogP contribution >= 0.6 is 11.6 Å². The predicted octanol–water partition coefficient (Wildman–Crippen LogP) is 1.93. The zero-order chi connectivity index (χ0) is 10.0. The Bertz CT molecular complexity index is 420. The second-order valence-electron chi connectivity index (χ2n) is 2.54. The summed E-state index contributed by atoms with van der Waals surface area (Å²) in [5, 5.41) is 6.41. The lowest BCUT2D eigenvalue weighted by Crippen LogP contribution is -2.15. The largest absolute Gasteiger partial charge is 0.272 e. The summed E-state index contributed by atoms with van der Waals surface area (Å²) in [6.45, 7) is 8.83. The van der Waals surface area contributed by atoms with Gasteiger partial charge in [0, 0.05) is 10.6 Å². The third kappa shape index (κ3) is 1.70. The van der Waals surface area contributed by atoms with Crippen LogP contribution in [0.5, 0.6) is 0 Å². The Balaban J connectivity index is 3.62. The van der Waals surface area contributed by atoms with Crippen molar-refractivity contribution < 1.29 is 0 Å². The van der Waals surface area contributed by atoms with Crippen LogP contribution in [0, 0.1) is 6.92 Å². The topological polar surface area (TPSA) is 45.8 Å². The number of rotatable bonds is 2. The van der Waals surface area contributed by atoms with Crippen molar-refractivity contribution in [3.05, 3.63) is 40.3 Å². The minimum Gasteiger partial charge on any atom is -0.267 e. The molecule has 0 saturated heterocycles. The zero-order valence-corrected chi connectivity index (χ0v) is 7.98. The summed E-state index contributed by atoms with van der Waals surface area (Å²) in [5.41, 5.74) is 1.29. The minimum absolute atomic E-state index is 0.297. The Morgan fingerprint density at radius 3 is 2.69 bits per heavy atom. The first kappa shape index (κ1) is 9.74. The normalized spacial score (nSPS) is 9.69. The Morgan fingerprint density at radius 1 is 1.69 bits per heavy atom. The molecule has 3 nitrogen and oxygen atoms in total. The molecule has 0 spiro atoms. The number of H-pyrrole nitrogens is 1. The first-order valence-corrected chi connectivity index (χ1v) is 4.02. The lowest BCUT2D eigenvalue weighted by atomic mass is 10.1. The molecule has 0 amide bonds. The van der Waals surface area contributed by atoms with Crippen molar-refractivity contribution in [3.8, 4) is 0 Å². The average Bonchev–Trinajstić information content (AvgIpc) is 2.07. The van der Waals surface area contributed by atoms with Crippen molar-refractivity contribution in [2.75, 3.05) is 0 Å². The molecule has 0 aromatic carbocycles. The highest BCUT2D eigenvalue weighted by Crippen LogP contribution is 2.21. The maximum Gasteiger partial charge on any atom is 0.272 e. The van der Waals surface area contributed by atoms with Crippen LogP contribution in [0.2, 0.25) is 0 Å². The number of hydrogen-bond donors (Lipinski definition) is 1. The fourth-order valence-corrected chi connectivity index (χ4v) is 1.33. The number of aromatic amines is 1. The number of nitrogens with one attached hydrogen (secondary N) is 1. The van der Waals surface area contributed by atoms with E-state index in [1.807, 2.05) is 0 Å². The first-order chi connectivity index (χ1) is 6.07. The maximum absolute atomic E-state index is 11.2. The zero-order valence-electron chi connectivity index (χ0n) is 7.22. The molecule has 0 aliphatic heterocycles. The Hall–Kier alpha value is -1.35. The van der Waals surface area contributed by atoms with E-state index in [0.29, 0.717) is 21.9 Å². The van der Waals surface area contributed by atoms with E-state index < -0.39 is 0 Å². The van der Waals surface area contributed by atoms with Gasteiger partial charge in [-0.1, -0.05) is 30.8 Å². The van der Waals surface area contributed by atoms with Gasteiger partial charge < -0.3 is 0 Å². The van der Waals surface area contributed by atoms with Gasteiger partial charge in [-0.2, -0.15) is 5.10 Å². The Labute approximate surface area is 80.7 Å². The van der Waals surface area contributed by atoms with Gasteiger partial charge in [-0.25, -0.2) is 5.10 Å². The van der Waals surface area contributed by atoms with E-state index in [1.54, 1.807) is 6.92 Å². The van der Waals surface area contributed by atoms with Gasteiger partial charge in [0.25, 0.3) is 5.56 Å². The van der Waals surface area contributed by atoms with Gasteiger partial charge in [-0.3, -0.25) is 4.79 Å². The van der Waals surface area contributed by atoms with Crippen LogP contribution in [0.15, 0.2) is 18.0 Å². The fraction of sp³-hybridized carbons (Fsp3) is 0.111. The second-order valence-corrected chi connectivity index (χ2v) is 2.99. The molecule has 13 heavy (non-hydrogen) atoms. The van der Waals surface area contributed by atoms with Crippen molar-refractivity contribution in [1.82, 2.24) is 10.2 Å². The van der Waals surface area contributed by atoms with Crippen LogP contribution in [0.1, 0.15) is 16.8 Å². The maximum atomic E-state index is 11.2. The van der Waals surface area contributed by atoms with E-state index in [4.69, 9.17) is 11.6 Å². The predicted molar refractivity (Wildman–Crippen MR) is 54.6 cm³/mol. The van der Waals surface area contributed by atoms with Crippen LogP contribution in [-0.4, -0.2) is 10.2 Å². The van der Waals surface area contributed by atoms with Crippen LogP contribution < -0.4 is 5.56 Å². The molecule has 68 valence electrons. The smallest absolute Gasteiger partial charge is 0.267 e. The summed E-state index contributed by atoms with van der Waals surface area (Å²) >= 11 is 5.73. The van der Waals surface area contributed by atoms with Crippen molar-refractivity contribution in [1.29, 1.82) is 0 Å². The highest BCUT2D eigenvalue weighted by Gasteiger charge is 2.09. The van der Waals surface area contributed by atoms with Crippen molar-refractivity contribution in [3.63, 3.8) is 0 Å². The molecule has 1 rings (SSSR count). The monoisotopic (exact) mass is 196 g/mol. The summed E-state index contributed by atoms with van der Waals surface area (Å²) in [5.74, 6) is 0. The van der Waals surface area contributed by atoms with E-state index in [0.717, 1.165) is 0 Å². The van der Waals surface area contributed by atoms with Crippen molar-refractivity contribution >= 4 is 22.7 Å². The van der Waals surface area contributed by atoms with Gasteiger partial charge in [0.15, 0.2) is 0 Å². The van der Waals surface area contributed by atoms with Crippen LogP contribution in [0.4, 0.5) is 0 Å². The summed E-state index contributed by atoms with van der Waals surface area (Å²) in [6.07, 6.45) is 1.44. The summed E-state index contributed by atoms with van der Waals surface area (Å²) in [7, 11) is 0. The van der Waals surface area contributed by atoms with Gasteiger partial charge in [-0.05, 0) is 6.92 Å². The van der Waals surface area contributed by atoms with Crippen LogP contribution in [0.25, 0.3) is 11.1 Å². The number of aromatic nitrogens is 2. The Kier molecular flexibility index (Phi) is 2.68. The van der Waals surface area contributed by atoms with Gasteiger partial charge in [0.2, 0.25) is 0 Å². The van der Waals surface area contributed by atoms with E-state index in [9.17, 15) is 4.79 Å². The first-order valence-electron chi connectivity index (χ1n) is 3.64. The number of hydrogen-bond acceptors (Lipinski definition) is 2. The molecule has 1 aromatic heterocycles. The number of aryl methyl sites for hydroxylation is 1. The van der Waals surface area contributed by atoms with Gasteiger partial charge in [0.1, 0.15) is 0 Å². The molecular formula is C9H9ClN2O. The minimum atomic E-state index is -0.308. The highest BCUT2D eigenvalue weighted by atomic mass is 35.5. The van der Waals surface area contributed by atoms with E-state index >= 15 is 0 Å². The number of halogens is 1. The van der Waals surface area contributed by atoms with Crippen LogP contribution in [0.3, 0.4) is 0 Å². The molecule has 0 aliphatic carbocycles.